The van der Waals surface area contributed by atoms with Gasteiger partial charge in [0.15, 0.2) is 32.3 Å². The molecule has 0 amide bonds. The zero-order chi connectivity index (χ0) is 94.1. The number of esters is 6. The lowest BCUT2D eigenvalue weighted by atomic mass is 9.48. The molecule has 0 spiro atoms. The fourth-order valence-electron chi connectivity index (χ4n) is 20.2. The van der Waals surface area contributed by atoms with Crippen LogP contribution in [0.1, 0.15) is 278 Å². The van der Waals surface area contributed by atoms with Gasteiger partial charge in [-0.15, -0.1) is 0 Å². The van der Waals surface area contributed by atoms with Crippen LogP contribution in [0.15, 0.2) is 151 Å². The van der Waals surface area contributed by atoms with Gasteiger partial charge in [-0.3, -0.25) is 33.6 Å². The first-order valence-corrected chi connectivity index (χ1v) is 49.1. The molecular formula is C104H137F3O19S2. The van der Waals surface area contributed by atoms with Crippen LogP contribution < -0.4 is 9.47 Å². The number of carbonyl (C=O) groups excluding carboxylic acids is 7. The molecule has 700 valence electrons. The quantitative estimate of drug-likeness (QED) is 0.0165. The van der Waals surface area contributed by atoms with E-state index >= 15 is 0 Å². The number of halogens is 3. The number of thiophene rings is 1. The van der Waals surface area contributed by atoms with Gasteiger partial charge < -0.3 is 47.6 Å². The lowest BCUT2D eigenvalue weighted by Gasteiger charge is -2.60. The summed E-state index contributed by atoms with van der Waals surface area (Å²) in [6, 6.07) is 43.0. The molecule has 9 fully saturated rings. The number of phenolic OH excluding ortho intramolecular Hbond substituents is 1. The monoisotopic (exact) mass is 1810 g/mol. The highest BCUT2D eigenvalue weighted by Gasteiger charge is 2.68. The Hall–Kier alpha value is -8.45. The Kier molecular flexibility index (Phi) is 30.3. The van der Waals surface area contributed by atoms with Crippen LogP contribution in [0, 0.1) is 67.5 Å². The number of ether oxygens (including phenoxy) is 8. The third-order valence-electron chi connectivity index (χ3n) is 30.5. The molecule has 14 atom stereocenters. The van der Waals surface area contributed by atoms with Gasteiger partial charge in [0.25, 0.3) is 0 Å². The molecule has 4 heterocycles. The van der Waals surface area contributed by atoms with Gasteiger partial charge in [0.2, 0.25) is 6.10 Å². The standard InChI is InChI=1S/C26H38O3.C20H29F3O7S.C18H13S.C15H24O.C13H18O5.C12H16O3/c1-7-23(2,3)22(28)29-26(6)15-12-21-19-9-8-17-16-18(27)10-13-24(17,4)20(19)11-14-25(21,26)5;1-4-17(2,3)15(24)30-19-8-12-5-13(9-19)7-18(6-12,11-19)16(25)29-14(20(21,22)23)10-31(26,27)28;1-2-8-14(9-3-1)19-17-12-6-4-10-15(17)16-11-5-7-13-18(16)19;1-6-12(3)13-8-10-14(11-9-13)16-15(4,5)7-2;1-4-13(2,3)12(15)18-9-7-5-6-8(16-7)10(9)17-11(6)14;1-4-12(2,3)11(14)15-10-7-5-9(13)6-8-10/h11,16,19,21H,7-10,12-15H2,1-6H3;12-14H,4-11H2,1-3H3,(H,26,27,28);1-13H;8-12H,6-7H2,1-5H3;6-10H,4-5H2,1-3H3;5-8,13H,4H2,1-3H3/q;;+1;;;/p-1/t19?,21-,24-,25-,26?;;;;;/m0...../s1. The third-order valence-corrected chi connectivity index (χ3v) is 33.6. The van der Waals surface area contributed by atoms with Crippen LogP contribution in [0.4, 0.5) is 13.2 Å². The Morgan fingerprint density at radius 1 is 0.617 bits per heavy atom. The second kappa shape index (κ2) is 38.8. The lowest BCUT2D eigenvalue weighted by molar-refractivity contribution is -0.239. The van der Waals surface area contributed by atoms with Crippen LogP contribution in [-0.4, -0.2) is 119 Å². The highest BCUT2D eigenvalue weighted by molar-refractivity contribution is 7.85. The van der Waals surface area contributed by atoms with Gasteiger partial charge in [0.05, 0.1) is 55.0 Å². The molecule has 11 unspecified atom stereocenters. The largest absolute Gasteiger partial charge is 0.748 e. The predicted molar refractivity (Wildman–Crippen MR) is 490 cm³/mol. The van der Waals surface area contributed by atoms with Crippen LogP contribution >= 0.6 is 10.5 Å². The van der Waals surface area contributed by atoms with E-state index in [-0.39, 0.29) is 92.9 Å². The number of phenols is 1. The molecule has 6 aromatic rings. The molecule has 6 bridgehead atoms. The van der Waals surface area contributed by atoms with Crippen molar-refractivity contribution < 1.29 is 103 Å². The van der Waals surface area contributed by atoms with E-state index in [1.807, 2.05) is 68.4 Å². The minimum Gasteiger partial charge on any atom is -0.748 e. The molecule has 11 aliphatic rings. The van der Waals surface area contributed by atoms with Crippen molar-refractivity contribution in [1.82, 2.24) is 0 Å². The Morgan fingerprint density at radius 3 is 1.70 bits per heavy atom. The van der Waals surface area contributed by atoms with Crippen LogP contribution in [0.2, 0.25) is 0 Å². The molecule has 0 radical (unpaired) electrons. The lowest BCUT2D eigenvalue weighted by Crippen LogP contribution is -2.61. The second-order valence-electron chi connectivity index (χ2n) is 41.4. The normalized spacial score (nSPS) is 28.0. The van der Waals surface area contributed by atoms with Crippen molar-refractivity contribution in [2.24, 2.45) is 67.5 Å². The Balaban J connectivity index is 0.000000152. The molecular weight excluding hydrogens is 1670 g/mol. The summed E-state index contributed by atoms with van der Waals surface area (Å²) in [5.41, 5.74) is -0.457. The van der Waals surface area contributed by atoms with Crippen LogP contribution in [0.5, 0.6) is 17.2 Å². The summed E-state index contributed by atoms with van der Waals surface area (Å²) in [5, 5.41) is 11.8. The highest BCUT2D eigenvalue weighted by atomic mass is 32.2. The van der Waals surface area contributed by atoms with Crippen molar-refractivity contribution in [1.29, 1.82) is 0 Å². The van der Waals surface area contributed by atoms with Gasteiger partial charge in [-0.1, -0.05) is 134 Å². The molecule has 6 saturated carbocycles. The summed E-state index contributed by atoms with van der Waals surface area (Å²) in [6.07, 6.45) is 9.98. The maximum atomic E-state index is 13.3. The first kappa shape index (κ1) is 100. The van der Waals surface area contributed by atoms with E-state index in [2.05, 4.69) is 176 Å². The second-order valence-corrected chi connectivity index (χ2v) is 44.8. The number of fused-ring (bicyclic) bond motifs is 9. The van der Waals surface area contributed by atoms with Gasteiger partial charge in [-0.05, 0) is 306 Å². The predicted octanol–water partition coefficient (Wildman–Crippen LogP) is 23.8. The average molecular weight is 1810 g/mol. The third kappa shape index (κ3) is 21.8. The van der Waals surface area contributed by atoms with Crippen molar-refractivity contribution in [3.8, 4) is 22.1 Å². The van der Waals surface area contributed by atoms with Crippen LogP contribution in [0.3, 0.4) is 0 Å². The van der Waals surface area contributed by atoms with Crippen molar-refractivity contribution in [2.75, 3.05) is 5.75 Å². The number of hydrogen-bond acceptors (Lipinski definition) is 19. The van der Waals surface area contributed by atoms with Crippen molar-refractivity contribution in [3.63, 3.8) is 0 Å². The molecule has 3 aliphatic heterocycles. The first-order chi connectivity index (χ1) is 59.8. The number of carbonyl (C=O) groups is 7. The number of ketones is 1. The number of alkyl halides is 3. The Morgan fingerprint density at radius 2 is 1.16 bits per heavy atom. The van der Waals surface area contributed by atoms with E-state index < -0.39 is 90.6 Å². The summed E-state index contributed by atoms with van der Waals surface area (Å²) in [4.78, 5) is 87.3. The summed E-state index contributed by atoms with van der Waals surface area (Å²) in [5.74, 6) is -0.707. The van der Waals surface area contributed by atoms with E-state index in [0.717, 1.165) is 70.0 Å². The van der Waals surface area contributed by atoms with Gasteiger partial charge >= 0.3 is 42.0 Å². The molecule has 1 N–H and O–H groups in total. The minimum atomic E-state index is -5.27. The van der Waals surface area contributed by atoms with E-state index in [1.54, 1.807) is 31.6 Å². The Bertz CT molecular complexity index is 5110. The minimum absolute atomic E-state index is 0.00100. The fourth-order valence-corrected chi connectivity index (χ4v) is 23.3. The van der Waals surface area contributed by atoms with Gasteiger partial charge in [-0.25, -0.2) is 8.42 Å². The van der Waals surface area contributed by atoms with Crippen molar-refractivity contribution in [2.45, 2.75) is 326 Å². The summed E-state index contributed by atoms with van der Waals surface area (Å²) in [6.45, 7) is 40.4. The first-order valence-electron chi connectivity index (χ1n) is 46.3. The van der Waals surface area contributed by atoms with Gasteiger partial charge in [0, 0.05) is 44.9 Å². The van der Waals surface area contributed by atoms with E-state index in [9.17, 15) is 59.7 Å². The summed E-state index contributed by atoms with van der Waals surface area (Å²) < 4.78 is 120. The average Bonchev–Trinajstić information content (AvgIpc) is 1.18. The summed E-state index contributed by atoms with van der Waals surface area (Å²) >= 11 is 0. The Labute approximate surface area is 758 Å². The molecule has 8 aliphatic carbocycles. The molecule has 17 rings (SSSR count). The number of allylic oxidation sites excluding steroid dienone is 4. The molecule has 128 heavy (non-hydrogen) atoms. The smallest absolute Gasteiger partial charge is 0.426 e. The molecule has 24 heteroatoms. The van der Waals surface area contributed by atoms with E-state index in [4.69, 9.17) is 38.3 Å². The SMILES string of the molecule is CCC(C)(C)C(=O)OC1(C)CC[C@H]2C3CCC4=CC(=O)CC[C@]4(C)C3=CC[C@@]21C.CCC(C)(C)C(=O)OC12CC3CC(C1)CC(C(=O)OC(CS(=O)(=O)[O-])C(F)(F)F)(C3)C2.CCC(C)(C)C(=O)OC1C2CC3C(=O)OC1C3O2.CCC(C)(C)C(=O)Oc1ccc(O)cc1.CCC(C)c1ccc(OC(C)(C)CC)cc1.c1ccc(-[s+]2c3ccccc3c3ccccc32)cc1. The molecule has 5 aromatic carbocycles. The summed E-state index contributed by atoms with van der Waals surface area (Å²) in [7, 11) is -5.21. The molecule has 1 aromatic heterocycles. The van der Waals surface area contributed by atoms with Crippen LogP contribution in [0.25, 0.3) is 25.1 Å². The maximum absolute atomic E-state index is 13.3. The topological polar surface area (TPSA) is 271 Å². The number of rotatable bonds is 22. The number of aromatic hydroxyl groups is 1. The fraction of sp³-hybridized carbons (Fsp3) is 0.606. The van der Waals surface area contributed by atoms with E-state index in [0.29, 0.717) is 80.7 Å². The zero-order valence-corrected chi connectivity index (χ0v) is 80.4. The van der Waals surface area contributed by atoms with Crippen LogP contribution in [-0.2, 0) is 72.1 Å². The van der Waals surface area contributed by atoms with Crippen molar-refractivity contribution in [3.05, 3.63) is 156 Å². The number of hydrogen-bond donors (Lipinski definition) is 1. The zero-order valence-electron chi connectivity index (χ0n) is 78.7. The van der Waals surface area contributed by atoms with Gasteiger partial charge in [0.1, 0.15) is 40.2 Å². The van der Waals surface area contributed by atoms with E-state index in [1.165, 1.54) is 54.8 Å². The number of benzene rings is 5. The molecule has 19 nitrogen and oxygen atoms in total. The maximum Gasteiger partial charge on any atom is 0.426 e. The van der Waals surface area contributed by atoms with Crippen molar-refractivity contribution >= 4 is 82.4 Å². The highest BCUT2D eigenvalue weighted by Crippen LogP contribution is 2.68. The van der Waals surface area contributed by atoms with Gasteiger partial charge in [-0.2, -0.15) is 13.2 Å². The molecule has 3 saturated heterocycles.